The van der Waals surface area contributed by atoms with Gasteiger partial charge < -0.3 is 15.8 Å². The van der Waals surface area contributed by atoms with E-state index in [1.807, 2.05) is 0 Å². The molecular formula is C12H22N2O3S. The molecule has 3 N–H and O–H groups in total. The van der Waals surface area contributed by atoms with Crippen molar-refractivity contribution in [3.63, 3.8) is 0 Å². The van der Waals surface area contributed by atoms with E-state index in [1.54, 1.807) is 18.7 Å². The van der Waals surface area contributed by atoms with Crippen molar-refractivity contribution in [3.05, 3.63) is 0 Å². The molecule has 1 amide bonds. The number of nitrogens with two attached hydrogens (primary N) is 1. The molecule has 1 aliphatic carbocycles. The standard InChI is InChI=1S/C12H22N2O3S/c1-3-17-11(16)9(13)10(15)14-8-12(18-2)6-4-5-7-12/h9H,3-8,13H2,1-2H3,(H,14,15). The van der Waals surface area contributed by atoms with E-state index in [0.29, 0.717) is 6.54 Å². The van der Waals surface area contributed by atoms with Crippen LogP contribution in [0.4, 0.5) is 0 Å². The minimum atomic E-state index is -1.22. The first kappa shape index (κ1) is 15.3. The van der Waals surface area contributed by atoms with Crippen LogP contribution >= 0.6 is 11.8 Å². The summed E-state index contributed by atoms with van der Waals surface area (Å²) in [6.07, 6.45) is 6.65. The number of rotatable bonds is 6. The van der Waals surface area contributed by atoms with Gasteiger partial charge in [0.05, 0.1) is 6.61 Å². The van der Waals surface area contributed by atoms with E-state index in [1.165, 1.54) is 12.8 Å². The van der Waals surface area contributed by atoms with E-state index in [2.05, 4.69) is 11.6 Å². The fraction of sp³-hybridized carbons (Fsp3) is 0.833. The Morgan fingerprint density at radius 3 is 2.56 bits per heavy atom. The Hall–Kier alpha value is -0.750. The van der Waals surface area contributed by atoms with Gasteiger partial charge in [-0.2, -0.15) is 11.8 Å². The van der Waals surface area contributed by atoms with Crippen molar-refractivity contribution < 1.29 is 14.3 Å². The molecule has 1 aliphatic rings. The third-order valence-electron chi connectivity index (χ3n) is 3.36. The SMILES string of the molecule is CCOC(=O)C(N)C(=O)NCC1(SC)CCCC1. The topological polar surface area (TPSA) is 81.4 Å². The molecule has 1 atom stereocenters. The number of amides is 1. The van der Waals surface area contributed by atoms with Gasteiger partial charge in [0.15, 0.2) is 6.04 Å². The quantitative estimate of drug-likeness (QED) is 0.549. The highest BCUT2D eigenvalue weighted by Gasteiger charge is 2.34. The molecule has 6 heteroatoms. The Morgan fingerprint density at radius 1 is 1.44 bits per heavy atom. The highest BCUT2D eigenvalue weighted by Crippen LogP contribution is 2.39. The van der Waals surface area contributed by atoms with Crippen LogP contribution < -0.4 is 11.1 Å². The Balaban J connectivity index is 2.42. The number of thioether (sulfide) groups is 1. The third kappa shape index (κ3) is 3.88. The molecule has 0 aliphatic heterocycles. The zero-order valence-electron chi connectivity index (χ0n) is 11.0. The van der Waals surface area contributed by atoms with Crippen LogP contribution in [0.1, 0.15) is 32.6 Å². The van der Waals surface area contributed by atoms with Crippen LogP contribution in [-0.4, -0.2) is 42.1 Å². The summed E-state index contributed by atoms with van der Waals surface area (Å²) < 4.78 is 4.83. The van der Waals surface area contributed by atoms with Crippen molar-refractivity contribution in [1.29, 1.82) is 0 Å². The van der Waals surface area contributed by atoms with Crippen LogP contribution in [0.15, 0.2) is 0 Å². The molecule has 0 heterocycles. The number of esters is 1. The van der Waals surface area contributed by atoms with E-state index in [0.717, 1.165) is 12.8 Å². The summed E-state index contributed by atoms with van der Waals surface area (Å²) in [7, 11) is 0. The summed E-state index contributed by atoms with van der Waals surface area (Å²) in [6.45, 7) is 2.48. The molecule has 0 aromatic rings. The first-order valence-electron chi connectivity index (χ1n) is 6.30. The lowest BCUT2D eigenvalue weighted by Crippen LogP contribution is -2.50. The van der Waals surface area contributed by atoms with Gasteiger partial charge in [-0.3, -0.25) is 4.79 Å². The van der Waals surface area contributed by atoms with Crippen molar-refractivity contribution in [2.45, 2.75) is 43.4 Å². The zero-order chi connectivity index (χ0) is 13.6. The minimum Gasteiger partial charge on any atom is -0.464 e. The average molecular weight is 274 g/mol. The Morgan fingerprint density at radius 2 is 2.06 bits per heavy atom. The predicted octanol–water partition coefficient (Wildman–Crippen LogP) is 0.669. The van der Waals surface area contributed by atoms with Gasteiger partial charge in [0.1, 0.15) is 0 Å². The van der Waals surface area contributed by atoms with Crippen LogP contribution in [0.2, 0.25) is 0 Å². The Labute approximate surface area is 112 Å². The van der Waals surface area contributed by atoms with Gasteiger partial charge >= 0.3 is 5.97 Å². The molecule has 0 radical (unpaired) electrons. The summed E-state index contributed by atoms with van der Waals surface area (Å²) in [5, 5.41) is 2.77. The molecule has 0 aromatic carbocycles. The van der Waals surface area contributed by atoms with E-state index in [4.69, 9.17) is 10.5 Å². The maximum absolute atomic E-state index is 11.7. The highest BCUT2D eigenvalue weighted by atomic mass is 32.2. The highest BCUT2D eigenvalue weighted by molar-refractivity contribution is 8.00. The van der Waals surface area contributed by atoms with Gasteiger partial charge in [-0.15, -0.1) is 0 Å². The summed E-state index contributed by atoms with van der Waals surface area (Å²) in [6, 6.07) is -1.22. The second-order valence-electron chi connectivity index (χ2n) is 4.54. The van der Waals surface area contributed by atoms with E-state index in [9.17, 15) is 9.59 Å². The van der Waals surface area contributed by atoms with Gasteiger partial charge in [0.25, 0.3) is 0 Å². The number of carbonyl (C=O) groups is 2. The minimum absolute atomic E-state index is 0.115. The molecule has 0 bridgehead atoms. The monoisotopic (exact) mass is 274 g/mol. The van der Waals surface area contributed by atoms with Crippen LogP contribution in [-0.2, 0) is 14.3 Å². The maximum atomic E-state index is 11.7. The van der Waals surface area contributed by atoms with Crippen molar-refractivity contribution >= 4 is 23.6 Å². The molecule has 18 heavy (non-hydrogen) atoms. The number of hydrogen-bond acceptors (Lipinski definition) is 5. The van der Waals surface area contributed by atoms with Crippen molar-refractivity contribution in [2.75, 3.05) is 19.4 Å². The first-order valence-corrected chi connectivity index (χ1v) is 7.52. The van der Waals surface area contributed by atoms with Crippen LogP contribution in [0.3, 0.4) is 0 Å². The van der Waals surface area contributed by atoms with Gasteiger partial charge in [-0.05, 0) is 26.0 Å². The molecule has 1 fully saturated rings. The number of nitrogens with one attached hydrogen (secondary N) is 1. The van der Waals surface area contributed by atoms with E-state index in [-0.39, 0.29) is 11.4 Å². The predicted molar refractivity (Wildman–Crippen MR) is 72.3 cm³/mol. The molecule has 0 spiro atoms. The number of carbonyl (C=O) groups excluding carboxylic acids is 2. The molecule has 5 nitrogen and oxygen atoms in total. The second-order valence-corrected chi connectivity index (χ2v) is 5.82. The molecule has 1 saturated carbocycles. The lowest BCUT2D eigenvalue weighted by Gasteiger charge is -2.27. The zero-order valence-corrected chi connectivity index (χ0v) is 11.8. The van der Waals surface area contributed by atoms with Gasteiger partial charge in [-0.1, -0.05) is 12.8 Å². The normalized spacial score (nSPS) is 19.3. The van der Waals surface area contributed by atoms with Crippen molar-refractivity contribution in [1.82, 2.24) is 5.32 Å². The largest absolute Gasteiger partial charge is 0.464 e. The Bertz CT molecular complexity index is 304. The molecule has 1 rings (SSSR count). The third-order valence-corrected chi connectivity index (χ3v) is 4.77. The molecule has 104 valence electrons. The van der Waals surface area contributed by atoms with Gasteiger partial charge in [0.2, 0.25) is 5.91 Å². The fourth-order valence-electron chi connectivity index (χ4n) is 2.17. The number of hydrogen-bond donors (Lipinski definition) is 2. The molecule has 0 saturated heterocycles. The lowest BCUT2D eigenvalue weighted by molar-refractivity contribution is -0.148. The molecule has 0 aromatic heterocycles. The summed E-state index contributed by atoms with van der Waals surface area (Å²) in [5.41, 5.74) is 5.52. The van der Waals surface area contributed by atoms with Gasteiger partial charge in [-0.25, -0.2) is 4.79 Å². The van der Waals surface area contributed by atoms with Crippen LogP contribution in [0.25, 0.3) is 0 Å². The molecular weight excluding hydrogens is 252 g/mol. The summed E-state index contributed by atoms with van der Waals surface area (Å²) in [4.78, 5) is 23.0. The first-order chi connectivity index (χ1) is 8.54. The average Bonchev–Trinajstić information content (AvgIpc) is 2.84. The van der Waals surface area contributed by atoms with E-state index < -0.39 is 17.9 Å². The van der Waals surface area contributed by atoms with Crippen molar-refractivity contribution in [3.8, 4) is 0 Å². The fourth-order valence-corrected chi connectivity index (χ4v) is 3.08. The number of ether oxygens (including phenoxy) is 1. The van der Waals surface area contributed by atoms with E-state index >= 15 is 0 Å². The summed E-state index contributed by atoms with van der Waals surface area (Å²) in [5.74, 6) is -1.12. The second kappa shape index (κ2) is 6.99. The van der Waals surface area contributed by atoms with Crippen molar-refractivity contribution in [2.24, 2.45) is 5.73 Å². The summed E-state index contributed by atoms with van der Waals surface area (Å²) >= 11 is 1.78. The van der Waals surface area contributed by atoms with Crippen LogP contribution in [0.5, 0.6) is 0 Å². The smallest absolute Gasteiger partial charge is 0.332 e. The van der Waals surface area contributed by atoms with Crippen LogP contribution in [0, 0.1) is 0 Å². The lowest BCUT2D eigenvalue weighted by atomic mass is 10.1. The molecule has 1 unspecified atom stereocenters. The Kier molecular flexibility index (Phi) is 5.95. The maximum Gasteiger partial charge on any atom is 0.332 e. The van der Waals surface area contributed by atoms with Gasteiger partial charge in [0, 0.05) is 11.3 Å².